The minimum Gasteiger partial charge on any atom is -0.456 e. The number of hydrogen-bond acceptors (Lipinski definition) is 2. The monoisotopic (exact) mass is 1760 g/mol. The number of benzene rings is 21. The van der Waals surface area contributed by atoms with Gasteiger partial charge < -0.3 is 31.8 Å². The van der Waals surface area contributed by atoms with Crippen molar-refractivity contribution in [1.82, 2.24) is 27.4 Å². The smallest absolute Gasteiger partial charge is 0.136 e. The number of furan rings is 1. The fraction of sp³-hybridized carbons (Fsp3) is 0.0233. The summed E-state index contributed by atoms with van der Waals surface area (Å²) in [6.07, 6.45) is 0. The number of nitrogens with zero attached hydrogens (tertiary/aromatic N) is 6. The Labute approximate surface area is 792 Å². The predicted molar refractivity (Wildman–Crippen MR) is 579 cm³/mol. The van der Waals surface area contributed by atoms with E-state index in [0.717, 1.165) is 27.6 Å². The standard InChI is InChI=1S/C45H32N2.C42H26N2O.C42H26N2S/c1-45(2)39-19-11-9-17-33(39)35-28-44-38(27-40(35)45)37-26-30(22-24-43(37)47(44)32-15-7-4-8-16-32)29-21-23-42-36(25-29)34-18-10-12-20-41(34)46(42)31-13-5-3-6-14-31;2*1-3-11-29(12-4-1)43-37-17-9-7-15-31(37)33-23-27(19-21-38(33)43)28-20-22-39-34(24-28)35-26-42-36(32-16-8-10-18-41(32)45-42)25-40(35)44(39)30-13-5-2-6-14-30/h3-28H,1-2H3;2*1-26H. The molecular weight excluding hydrogens is 1680 g/mol. The molecule has 8 heterocycles. The molecule has 0 fully saturated rings. The molecule has 0 saturated carbocycles. The molecule has 8 aromatic heterocycles. The van der Waals surface area contributed by atoms with E-state index < -0.39 is 0 Å². The highest BCUT2D eigenvalue weighted by atomic mass is 32.1. The summed E-state index contributed by atoms with van der Waals surface area (Å²) in [5.41, 5.74) is 36.2. The van der Waals surface area contributed by atoms with Crippen LogP contribution in [0.15, 0.2) is 478 Å². The quantitative estimate of drug-likeness (QED) is 0.142. The van der Waals surface area contributed by atoms with E-state index in [1.54, 1.807) is 0 Å². The van der Waals surface area contributed by atoms with Crippen LogP contribution in [0.1, 0.15) is 25.0 Å². The lowest BCUT2D eigenvalue weighted by Crippen LogP contribution is -2.14. The maximum Gasteiger partial charge on any atom is 0.136 e. The van der Waals surface area contributed by atoms with Crippen LogP contribution >= 0.6 is 11.3 Å². The highest BCUT2D eigenvalue weighted by molar-refractivity contribution is 7.25. The molecule has 21 aromatic carbocycles. The van der Waals surface area contributed by atoms with Crippen LogP contribution in [0, 0.1) is 0 Å². The van der Waals surface area contributed by atoms with E-state index in [0.29, 0.717) is 0 Å². The molecule has 0 amide bonds. The van der Waals surface area contributed by atoms with Crippen LogP contribution in [0.3, 0.4) is 0 Å². The van der Waals surface area contributed by atoms with E-state index >= 15 is 0 Å². The Kier molecular flexibility index (Phi) is 17.5. The maximum atomic E-state index is 6.36. The van der Waals surface area contributed by atoms with Crippen molar-refractivity contribution in [2.24, 2.45) is 0 Å². The minimum absolute atomic E-state index is 0.0586. The van der Waals surface area contributed by atoms with Gasteiger partial charge in [0.15, 0.2) is 0 Å². The SMILES string of the molecule is CC1(C)c2ccccc2-c2cc3c(cc21)c1cc(-c2ccc4c(c2)c2ccccc2n4-c2ccccc2)ccc1n3-c1ccccc1.c1ccc(-n2c3ccccc3c3cc(-c4ccc5c(c4)c4cc6oc7ccccc7c6cc4n5-c4ccccc4)ccc32)cc1.c1ccc(-n2c3ccccc3c3cc(-c4ccc5c(c4)c4cc6sc7ccccc7c6cc4n5-c4ccccc4)ccc32)cc1. The van der Waals surface area contributed by atoms with E-state index in [-0.39, 0.29) is 5.41 Å². The molecule has 30 rings (SSSR count). The Bertz CT molecular complexity index is 9610. The van der Waals surface area contributed by atoms with Crippen LogP contribution < -0.4 is 0 Å². The number of para-hydroxylation sites is 10. The molecule has 0 radical (unpaired) electrons. The lowest BCUT2D eigenvalue weighted by Gasteiger charge is -2.21. The van der Waals surface area contributed by atoms with Crippen LogP contribution in [0.25, 0.3) is 252 Å². The third-order valence-corrected chi connectivity index (χ3v) is 30.2. The molecule has 29 aromatic rings. The first-order chi connectivity index (χ1) is 67.7. The summed E-state index contributed by atoms with van der Waals surface area (Å²) < 4.78 is 23.4. The molecule has 137 heavy (non-hydrogen) atoms. The number of aromatic nitrogens is 6. The largest absolute Gasteiger partial charge is 0.456 e. The maximum absolute atomic E-state index is 6.36. The first-order valence-electron chi connectivity index (χ1n) is 47.2. The topological polar surface area (TPSA) is 42.7 Å². The summed E-state index contributed by atoms with van der Waals surface area (Å²) in [6.45, 7) is 4.73. The number of fused-ring (bicyclic) bond motifs is 27. The van der Waals surface area contributed by atoms with E-state index in [1.807, 2.05) is 23.5 Å². The van der Waals surface area contributed by atoms with E-state index in [1.165, 1.54) is 235 Å². The van der Waals surface area contributed by atoms with Gasteiger partial charge in [0.1, 0.15) is 11.2 Å². The van der Waals surface area contributed by atoms with Crippen LogP contribution in [-0.4, -0.2) is 27.4 Å². The van der Waals surface area contributed by atoms with Crippen molar-refractivity contribution < 1.29 is 4.42 Å². The molecule has 1 aliphatic carbocycles. The van der Waals surface area contributed by atoms with Crippen molar-refractivity contribution in [3.05, 3.63) is 484 Å². The summed E-state index contributed by atoms with van der Waals surface area (Å²) >= 11 is 1.88. The summed E-state index contributed by atoms with van der Waals surface area (Å²) in [4.78, 5) is 0. The second-order valence-corrected chi connectivity index (χ2v) is 38.1. The molecule has 0 unspecified atom stereocenters. The second kappa shape index (κ2) is 30.8. The van der Waals surface area contributed by atoms with Crippen LogP contribution in [0.4, 0.5) is 0 Å². The molecule has 0 spiro atoms. The molecule has 7 nitrogen and oxygen atoms in total. The van der Waals surface area contributed by atoms with Gasteiger partial charge in [-0.25, -0.2) is 0 Å². The fourth-order valence-corrected chi connectivity index (χ4v) is 23.9. The minimum atomic E-state index is -0.0586. The second-order valence-electron chi connectivity index (χ2n) is 37.0. The third kappa shape index (κ3) is 12.2. The van der Waals surface area contributed by atoms with Gasteiger partial charge in [0.05, 0.1) is 66.2 Å². The van der Waals surface area contributed by atoms with Crippen molar-refractivity contribution >= 4 is 184 Å². The summed E-state index contributed by atoms with van der Waals surface area (Å²) in [6, 6.07) is 172. The van der Waals surface area contributed by atoms with Crippen molar-refractivity contribution in [3.8, 4) is 78.6 Å². The van der Waals surface area contributed by atoms with Crippen molar-refractivity contribution in [3.63, 3.8) is 0 Å². The molecule has 8 heteroatoms. The lowest BCUT2D eigenvalue weighted by atomic mass is 9.82. The Balaban J connectivity index is 0.000000102. The Morgan fingerprint density at radius 2 is 0.453 bits per heavy atom. The summed E-state index contributed by atoms with van der Waals surface area (Å²) in [5.74, 6) is 0. The van der Waals surface area contributed by atoms with E-state index in [9.17, 15) is 0 Å². The zero-order valence-corrected chi connectivity index (χ0v) is 75.8. The normalized spacial score (nSPS) is 12.5. The molecule has 0 atom stereocenters. The Morgan fingerprint density at radius 1 is 0.168 bits per heavy atom. The van der Waals surface area contributed by atoms with E-state index in [2.05, 4.69) is 502 Å². The molecule has 642 valence electrons. The summed E-state index contributed by atoms with van der Waals surface area (Å²) in [5, 5.41) is 20.1. The van der Waals surface area contributed by atoms with Crippen molar-refractivity contribution in [2.75, 3.05) is 0 Å². The predicted octanol–water partition coefficient (Wildman–Crippen LogP) is 35.2. The molecular formula is C129H84N6OS. The first-order valence-corrected chi connectivity index (χ1v) is 48.0. The van der Waals surface area contributed by atoms with Crippen molar-refractivity contribution in [2.45, 2.75) is 19.3 Å². The van der Waals surface area contributed by atoms with Crippen LogP contribution in [0.5, 0.6) is 0 Å². The van der Waals surface area contributed by atoms with Gasteiger partial charge in [0, 0.05) is 135 Å². The molecule has 0 saturated heterocycles. The molecule has 0 aliphatic heterocycles. The average molecular weight is 1770 g/mol. The average Bonchev–Trinajstić information content (AvgIpc) is 1.55. The first kappa shape index (κ1) is 78.1. The van der Waals surface area contributed by atoms with Gasteiger partial charge in [-0.2, -0.15) is 0 Å². The molecule has 1 aliphatic rings. The molecule has 0 N–H and O–H groups in total. The zero-order valence-electron chi connectivity index (χ0n) is 75.0. The van der Waals surface area contributed by atoms with Crippen LogP contribution in [0.2, 0.25) is 0 Å². The van der Waals surface area contributed by atoms with Gasteiger partial charge >= 0.3 is 0 Å². The third-order valence-electron chi connectivity index (χ3n) is 29.1. The highest BCUT2D eigenvalue weighted by Crippen LogP contribution is 2.53. The van der Waals surface area contributed by atoms with Crippen LogP contribution in [-0.2, 0) is 5.41 Å². The van der Waals surface area contributed by atoms with Gasteiger partial charge in [-0.05, 0) is 268 Å². The Hall–Kier alpha value is -17.6. The number of hydrogen-bond donors (Lipinski definition) is 0. The van der Waals surface area contributed by atoms with Gasteiger partial charge in [-0.3, -0.25) is 0 Å². The lowest BCUT2D eigenvalue weighted by molar-refractivity contribution is 0.661. The van der Waals surface area contributed by atoms with Gasteiger partial charge in [-0.1, -0.05) is 275 Å². The number of thiophene rings is 1. The Morgan fingerprint density at radius 3 is 0.854 bits per heavy atom. The fourth-order valence-electron chi connectivity index (χ4n) is 22.8. The summed E-state index contributed by atoms with van der Waals surface area (Å²) in [7, 11) is 0. The zero-order chi connectivity index (χ0) is 90.2. The van der Waals surface area contributed by atoms with Gasteiger partial charge in [-0.15, -0.1) is 11.3 Å². The van der Waals surface area contributed by atoms with Crippen molar-refractivity contribution in [1.29, 1.82) is 0 Å². The van der Waals surface area contributed by atoms with Gasteiger partial charge in [0.25, 0.3) is 0 Å². The van der Waals surface area contributed by atoms with Gasteiger partial charge in [0.2, 0.25) is 0 Å². The van der Waals surface area contributed by atoms with E-state index in [4.69, 9.17) is 4.42 Å². The molecule has 0 bridgehead atoms. The highest BCUT2D eigenvalue weighted by Gasteiger charge is 2.37. The number of rotatable bonds is 9.